The van der Waals surface area contributed by atoms with Crippen molar-refractivity contribution in [1.29, 1.82) is 0 Å². The van der Waals surface area contributed by atoms with Gasteiger partial charge in [-0.05, 0) is 31.9 Å². The Morgan fingerprint density at radius 3 is 2.18 bits per heavy atom. The molecule has 0 aliphatic heterocycles. The fraction of sp³-hybridized carbons (Fsp3) is 0.429. The van der Waals surface area contributed by atoms with Crippen molar-refractivity contribution in [3.8, 4) is 0 Å². The van der Waals surface area contributed by atoms with E-state index in [1.54, 1.807) is 0 Å². The van der Waals surface area contributed by atoms with Crippen molar-refractivity contribution >= 4 is 11.7 Å². The van der Waals surface area contributed by atoms with E-state index in [2.05, 4.69) is 17.3 Å². The second-order valence-electron chi connectivity index (χ2n) is 5.41. The Morgan fingerprint density at radius 1 is 1.18 bits per heavy atom. The number of hydrogen-bond donors (Lipinski definition) is 0. The molecule has 0 N–H and O–H groups in total. The van der Waals surface area contributed by atoms with Crippen molar-refractivity contribution < 1.29 is 9.63 Å². The van der Waals surface area contributed by atoms with Crippen LogP contribution in [0.4, 0.5) is 0 Å². The minimum Gasteiger partial charge on any atom is -0.318 e. The molecule has 0 saturated carbocycles. The Hall–Kier alpha value is -1.64. The molecule has 0 heterocycles. The summed E-state index contributed by atoms with van der Waals surface area (Å²) in [6.07, 6.45) is 1.57. The first-order valence-corrected chi connectivity index (χ1v) is 5.81. The number of benzene rings is 1. The minimum absolute atomic E-state index is 0.291. The molecular weight excluding hydrogens is 214 g/mol. The molecule has 0 unspecified atom stereocenters. The first-order chi connectivity index (χ1) is 7.97. The summed E-state index contributed by atoms with van der Waals surface area (Å²) in [6, 6.07) is 8.21. The van der Waals surface area contributed by atoms with Crippen LogP contribution in [0.15, 0.2) is 29.4 Å². The van der Waals surface area contributed by atoms with Crippen LogP contribution in [0.2, 0.25) is 0 Å². The van der Waals surface area contributed by atoms with Crippen LogP contribution in [0.25, 0.3) is 0 Å². The van der Waals surface area contributed by atoms with Gasteiger partial charge in [0.1, 0.15) is 0 Å². The third-order valence-corrected chi connectivity index (χ3v) is 2.78. The lowest BCUT2D eigenvalue weighted by atomic mass is 9.98. The van der Waals surface area contributed by atoms with Crippen LogP contribution in [0.3, 0.4) is 0 Å². The molecule has 1 aliphatic rings. The molecule has 1 aliphatic carbocycles. The summed E-state index contributed by atoms with van der Waals surface area (Å²) in [5.41, 5.74) is 2.97. The van der Waals surface area contributed by atoms with E-state index in [4.69, 9.17) is 4.84 Å². The predicted molar refractivity (Wildman–Crippen MR) is 66.8 cm³/mol. The molecule has 0 amide bonds. The van der Waals surface area contributed by atoms with Crippen molar-refractivity contribution in [1.82, 2.24) is 0 Å². The number of carbonyl (C=O) groups excluding carboxylic acids is 1. The van der Waals surface area contributed by atoms with Gasteiger partial charge in [0.15, 0.2) is 0 Å². The minimum atomic E-state index is -0.504. The van der Waals surface area contributed by atoms with Crippen LogP contribution < -0.4 is 0 Å². The summed E-state index contributed by atoms with van der Waals surface area (Å²) in [4.78, 5) is 16.5. The van der Waals surface area contributed by atoms with E-state index in [0.29, 0.717) is 0 Å². The Labute approximate surface area is 101 Å². The molecule has 90 valence electrons. The highest BCUT2D eigenvalue weighted by Gasteiger charge is 2.24. The summed E-state index contributed by atoms with van der Waals surface area (Å²) >= 11 is 0. The van der Waals surface area contributed by atoms with Crippen molar-refractivity contribution in [2.75, 3.05) is 0 Å². The lowest BCUT2D eigenvalue weighted by Crippen LogP contribution is -2.21. The van der Waals surface area contributed by atoms with Gasteiger partial charge in [-0.15, -0.1) is 0 Å². The number of carbonyl (C=O) groups is 1. The molecule has 0 saturated heterocycles. The van der Waals surface area contributed by atoms with Crippen LogP contribution in [0.1, 0.15) is 31.9 Å². The molecule has 1 aromatic carbocycles. The number of hydrogen-bond acceptors (Lipinski definition) is 3. The van der Waals surface area contributed by atoms with E-state index in [0.717, 1.165) is 18.6 Å². The zero-order valence-electron chi connectivity index (χ0n) is 10.5. The quantitative estimate of drug-likeness (QED) is 0.550. The summed E-state index contributed by atoms with van der Waals surface area (Å²) in [7, 11) is 0. The maximum atomic E-state index is 11.6. The fourth-order valence-electron chi connectivity index (χ4n) is 1.71. The summed E-state index contributed by atoms with van der Waals surface area (Å²) in [5.74, 6) is -0.291. The van der Waals surface area contributed by atoms with Crippen LogP contribution in [-0.2, 0) is 22.5 Å². The van der Waals surface area contributed by atoms with E-state index in [1.807, 2.05) is 32.9 Å². The third-order valence-electron chi connectivity index (χ3n) is 2.78. The van der Waals surface area contributed by atoms with Gasteiger partial charge >= 0.3 is 5.97 Å². The summed E-state index contributed by atoms with van der Waals surface area (Å²) < 4.78 is 0. The second-order valence-corrected chi connectivity index (χ2v) is 5.41. The number of nitrogens with zero attached hydrogens (tertiary/aromatic N) is 1. The van der Waals surface area contributed by atoms with Crippen molar-refractivity contribution in [2.45, 2.75) is 33.6 Å². The number of rotatable bonds is 1. The molecular formula is C14H17NO2. The molecule has 3 nitrogen and oxygen atoms in total. The van der Waals surface area contributed by atoms with Gasteiger partial charge in [0.25, 0.3) is 0 Å². The molecule has 0 radical (unpaired) electrons. The first-order valence-electron chi connectivity index (χ1n) is 5.81. The highest BCUT2D eigenvalue weighted by atomic mass is 16.7. The Balaban J connectivity index is 2.02. The van der Waals surface area contributed by atoms with E-state index >= 15 is 0 Å². The highest BCUT2D eigenvalue weighted by Crippen LogP contribution is 2.20. The maximum absolute atomic E-state index is 11.6. The van der Waals surface area contributed by atoms with Gasteiger partial charge in [-0.2, -0.15) is 0 Å². The molecule has 2 rings (SSSR count). The van der Waals surface area contributed by atoms with Gasteiger partial charge in [-0.3, -0.25) is 0 Å². The Morgan fingerprint density at radius 2 is 1.71 bits per heavy atom. The molecule has 0 atom stereocenters. The van der Waals surface area contributed by atoms with Gasteiger partial charge in [-0.25, -0.2) is 4.79 Å². The average molecular weight is 231 g/mol. The van der Waals surface area contributed by atoms with E-state index in [-0.39, 0.29) is 5.97 Å². The van der Waals surface area contributed by atoms with Gasteiger partial charge in [0.05, 0.1) is 11.1 Å². The Kier molecular flexibility index (Phi) is 3.01. The SMILES string of the molecule is CC(C)(C)C(=O)ON=C1Cc2ccccc2C1. The van der Waals surface area contributed by atoms with Crippen LogP contribution in [-0.4, -0.2) is 11.7 Å². The van der Waals surface area contributed by atoms with E-state index in [1.165, 1.54) is 11.1 Å². The number of fused-ring (bicyclic) bond motifs is 1. The first kappa shape index (κ1) is 11.8. The van der Waals surface area contributed by atoms with Gasteiger partial charge in [0.2, 0.25) is 0 Å². The summed E-state index contributed by atoms with van der Waals surface area (Å²) in [5, 5.41) is 3.97. The van der Waals surface area contributed by atoms with Crippen molar-refractivity contribution in [2.24, 2.45) is 10.6 Å². The summed E-state index contributed by atoms with van der Waals surface area (Å²) in [6.45, 7) is 5.46. The lowest BCUT2D eigenvalue weighted by Gasteiger charge is -2.12. The monoisotopic (exact) mass is 231 g/mol. The standard InChI is InChI=1S/C14H17NO2/c1-14(2,3)13(16)17-15-12-8-10-6-4-5-7-11(10)9-12/h4-7H,8-9H2,1-3H3. The zero-order valence-corrected chi connectivity index (χ0v) is 10.5. The molecule has 0 fully saturated rings. The largest absolute Gasteiger partial charge is 0.340 e. The van der Waals surface area contributed by atoms with E-state index < -0.39 is 5.41 Å². The normalized spacial score (nSPS) is 14.4. The van der Waals surface area contributed by atoms with Crippen LogP contribution in [0.5, 0.6) is 0 Å². The molecule has 0 spiro atoms. The second kappa shape index (κ2) is 4.32. The molecule has 3 heteroatoms. The van der Waals surface area contributed by atoms with Gasteiger partial charge in [0, 0.05) is 12.8 Å². The van der Waals surface area contributed by atoms with Crippen LogP contribution in [0, 0.1) is 5.41 Å². The van der Waals surface area contributed by atoms with Crippen LogP contribution >= 0.6 is 0 Å². The maximum Gasteiger partial charge on any atom is 0.340 e. The van der Waals surface area contributed by atoms with Crippen molar-refractivity contribution in [3.05, 3.63) is 35.4 Å². The van der Waals surface area contributed by atoms with E-state index in [9.17, 15) is 4.79 Å². The lowest BCUT2D eigenvalue weighted by molar-refractivity contribution is -0.152. The highest BCUT2D eigenvalue weighted by molar-refractivity contribution is 5.92. The predicted octanol–water partition coefficient (Wildman–Crippen LogP) is 2.73. The average Bonchev–Trinajstić information content (AvgIpc) is 2.66. The number of oxime groups is 1. The molecule has 17 heavy (non-hydrogen) atoms. The molecule has 1 aromatic rings. The Bertz CT molecular complexity index is 442. The fourth-order valence-corrected chi connectivity index (χ4v) is 1.71. The zero-order chi connectivity index (χ0) is 12.5. The smallest absolute Gasteiger partial charge is 0.318 e. The third kappa shape index (κ3) is 2.73. The van der Waals surface area contributed by atoms with Crippen molar-refractivity contribution in [3.63, 3.8) is 0 Å². The van der Waals surface area contributed by atoms with Gasteiger partial charge < -0.3 is 4.84 Å². The molecule has 0 aromatic heterocycles. The molecule has 0 bridgehead atoms. The van der Waals surface area contributed by atoms with Gasteiger partial charge in [-0.1, -0.05) is 29.4 Å². The topological polar surface area (TPSA) is 38.7 Å².